The Morgan fingerprint density at radius 1 is 1.27 bits per heavy atom. The molecule has 0 unspecified atom stereocenters. The van der Waals surface area contributed by atoms with Crippen LogP contribution in [0.2, 0.25) is 0 Å². The monoisotopic (exact) mass is 204 g/mol. The molecule has 1 aromatic carbocycles. The van der Waals surface area contributed by atoms with E-state index in [1.54, 1.807) is 0 Å². The summed E-state index contributed by atoms with van der Waals surface area (Å²) in [4.78, 5) is 21.7. The average molecular weight is 204 g/mol. The Kier molecular flexibility index (Phi) is 3.47. The molecule has 0 fully saturated rings. The molecule has 76 valence electrons. The van der Waals surface area contributed by atoms with E-state index in [4.69, 9.17) is 11.5 Å². The number of carboxylic acid groups (broad SMARTS) is 1. The van der Waals surface area contributed by atoms with Crippen LogP contribution in [-0.2, 0) is 4.74 Å². The van der Waals surface area contributed by atoms with Gasteiger partial charge in [0, 0.05) is 0 Å². The highest BCUT2D eigenvalue weighted by atomic mass is 16.5. The van der Waals surface area contributed by atoms with Gasteiger partial charge in [0.1, 0.15) is 0 Å². The van der Waals surface area contributed by atoms with Gasteiger partial charge in [-0.3, -0.25) is 0 Å². The summed E-state index contributed by atoms with van der Waals surface area (Å²) in [7, 11) is 0. The van der Waals surface area contributed by atoms with Gasteiger partial charge >= 0.3 is 11.9 Å². The number of rotatable bonds is 3. The molecule has 0 aliphatic heterocycles. The largest absolute Gasteiger partial charge is 0.478 e. The van der Waals surface area contributed by atoms with Crippen LogP contribution >= 0.6 is 0 Å². The summed E-state index contributed by atoms with van der Waals surface area (Å²) in [5.74, 6) is 0.553. The first-order chi connectivity index (χ1) is 7.15. The van der Waals surface area contributed by atoms with Crippen LogP contribution in [0.1, 0.15) is 20.7 Å². The molecule has 0 amide bonds. The number of ether oxygens (including phenoxy) is 1. The molecule has 0 aliphatic rings. The predicted octanol–water partition coefficient (Wildman–Crippen LogP) is 1.17. The van der Waals surface area contributed by atoms with Gasteiger partial charge in [0.25, 0.3) is 0 Å². The minimum atomic E-state index is -1.04. The van der Waals surface area contributed by atoms with Crippen LogP contribution in [0.25, 0.3) is 0 Å². The molecule has 0 aromatic heterocycles. The molecule has 1 aromatic rings. The van der Waals surface area contributed by atoms with Crippen molar-refractivity contribution in [2.45, 2.75) is 0 Å². The molecule has 0 radical (unpaired) electrons. The van der Waals surface area contributed by atoms with E-state index in [-0.39, 0.29) is 17.7 Å². The first-order valence-corrected chi connectivity index (χ1v) is 4.09. The predicted molar refractivity (Wildman–Crippen MR) is 52.5 cm³/mol. The molecule has 0 atom stereocenters. The van der Waals surface area contributed by atoms with Gasteiger partial charge in [-0.15, -0.1) is 6.42 Å². The first kappa shape index (κ1) is 10.8. The van der Waals surface area contributed by atoms with E-state index in [9.17, 15) is 9.59 Å². The van der Waals surface area contributed by atoms with Crippen LogP contribution in [0, 0.1) is 12.3 Å². The van der Waals surface area contributed by atoms with Crippen LogP contribution in [0.15, 0.2) is 24.3 Å². The molecule has 1 N–H and O–H groups in total. The van der Waals surface area contributed by atoms with Crippen LogP contribution in [0.4, 0.5) is 0 Å². The fourth-order valence-electron chi connectivity index (χ4n) is 0.939. The Morgan fingerprint density at radius 2 is 1.80 bits per heavy atom. The Hall–Kier alpha value is -2.28. The van der Waals surface area contributed by atoms with Gasteiger partial charge in [-0.2, -0.15) is 0 Å². The molecule has 0 bridgehead atoms. The third-order valence-electron chi connectivity index (χ3n) is 1.65. The van der Waals surface area contributed by atoms with Crippen LogP contribution in [0.5, 0.6) is 0 Å². The Balaban J connectivity index is 2.76. The molecule has 0 heterocycles. The normalized spacial score (nSPS) is 9.00. The Bertz CT molecular complexity index is 411. The van der Waals surface area contributed by atoms with Crippen molar-refractivity contribution in [3.8, 4) is 12.3 Å². The van der Waals surface area contributed by atoms with E-state index in [1.165, 1.54) is 24.3 Å². The molecule has 4 nitrogen and oxygen atoms in total. The molecular formula is C11H8O4. The summed E-state index contributed by atoms with van der Waals surface area (Å²) in [5, 5.41) is 8.61. The summed E-state index contributed by atoms with van der Waals surface area (Å²) in [6.07, 6.45) is 4.91. The summed E-state index contributed by atoms with van der Waals surface area (Å²) in [6, 6.07) is 5.41. The second kappa shape index (κ2) is 4.82. The van der Waals surface area contributed by atoms with Crippen molar-refractivity contribution < 1.29 is 19.4 Å². The van der Waals surface area contributed by atoms with E-state index in [0.717, 1.165) is 0 Å². The number of carbonyl (C=O) groups excluding carboxylic acids is 1. The van der Waals surface area contributed by atoms with Gasteiger partial charge < -0.3 is 9.84 Å². The third kappa shape index (κ3) is 2.85. The molecule has 0 saturated heterocycles. The van der Waals surface area contributed by atoms with Gasteiger partial charge in [-0.1, -0.05) is 5.92 Å². The number of benzene rings is 1. The lowest BCUT2D eigenvalue weighted by Crippen LogP contribution is -2.06. The number of carboxylic acids is 1. The lowest BCUT2D eigenvalue weighted by Gasteiger charge is -2.00. The first-order valence-electron chi connectivity index (χ1n) is 4.09. The molecule has 15 heavy (non-hydrogen) atoms. The molecule has 1 rings (SSSR count). The van der Waals surface area contributed by atoms with Crippen LogP contribution < -0.4 is 0 Å². The zero-order valence-electron chi connectivity index (χ0n) is 7.77. The fourth-order valence-corrected chi connectivity index (χ4v) is 0.939. The van der Waals surface area contributed by atoms with Crippen molar-refractivity contribution in [1.82, 2.24) is 0 Å². The molecule has 0 aliphatic carbocycles. The quantitative estimate of drug-likeness (QED) is 0.593. The summed E-state index contributed by atoms with van der Waals surface area (Å²) < 4.78 is 4.66. The zero-order chi connectivity index (χ0) is 11.3. The maximum absolute atomic E-state index is 11.2. The summed E-state index contributed by atoms with van der Waals surface area (Å²) in [5.41, 5.74) is 0.388. The van der Waals surface area contributed by atoms with Crippen molar-refractivity contribution in [3.63, 3.8) is 0 Å². The van der Waals surface area contributed by atoms with E-state index in [0.29, 0.717) is 0 Å². The van der Waals surface area contributed by atoms with Crippen molar-refractivity contribution in [2.75, 3.05) is 6.61 Å². The third-order valence-corrected chi connectivity index (χ3v) is 1.65. The van der Waals surface area contributed by atoms with Crippen molar-refractivity contribution in [3.05, 3.63) is 35.4 Å². The second-order valence-electron chi connectivity index (χ2n) is 2.66. The lowest BCUT2D eigenvalue weighted by atomic mass is 10.1. The minimum Gasteiger partial charge on any atom is -0.478 e. The van der Waals surface area contributed by atoms with Crippen LogP contribution in [-0.4, -0.2) is 23.7 Å². The van der Waals surface area contributed by atoms with E-state index in [1.807, 2.05) is 0 Å². The maximum Gasteiger partial charge on any atom is 0.339 e. The summed E-state index contributed by atoms with van der Waals surface area (Å²) in [6.45, 7) is -0.0977. The van der Waals surface area contributed by atoms with Gasteiger partial charge in [0.05, 0.1) is 11.1 Å². The number of aromatic carboxylic acids is 1. The molecule has 4 heteroatoms. The van der Waals surface area contributed by atoms with Crippen molar-refractivity contribution >= 4 is 11.9 Å². The number of terminal acetylenes is 1. The lowest BCUT2D eigenvalue weighted by molar-refractivity contribution is 0.0555. The van der Waals surface area contributed by atoms with Gasteiger partial charge in [0.2, 0.25) is 0 Å². The van der Waals surface area contributed by atoms with Crippen molar-refractivity contribution in [1.29, 1.82) is 0 Å². The minimum absolute atomic E-state index is 0.0977. The molecular weight excluding hydrogens is 196 g/mol. The summed E-state index contributed by atoms with van der Waals surface area (Å²) >= 11 is 0. The Labute approximate surface area is 86.5 Å². The van der Waals surface area contributed by atoms with Gasteiger partial charge in [0.15, 0.2) is 6.61 Å². The van der Waals surface area contributed by atoms with E-state index >= 15 is 0 Å². The smallest absolute Gasteiger partial charge is 0.339 e. The second-order valence-corrected chi connectivity index (χ2v) is 2.66. The number of carbonyl (C=O) groups is 2. The Morgan fingerprint density at radius 3 is 2.27 bits per heavy atom. The molecule has 0 saturated carbocycles. The standard InChI is InChI=1S/C11H8O4/c1-2-7-15-11(14)9-5-3-8(4-6-9)10(12)13/h1,3-6H,7H2,(H,12,13). The topological polar surface area (TPSA) is 63.6 Å². The highest BCUT2D eigenvalue weighted by Crippen LogP contribution is 2.05. The number of esters is 1. The number of hydrogen-bond donors (Lipinski definition) is 1. The van der Waals surface area contributed by atoms with Crippen LogP contribution in [0.3, 0.4) is 0 Å². The van der Waals surface area contributed by atoms with Gasteiger partial charge in [-0.05, 0) is 24.3 Å². The number of hydrogen-bond acceptors (Lipinski definition) is 3. The molecule has 0 spiro atoms. The van der Waals surface area contributed by atoms with Crippen molar-refractivity contribution in [2.24, 2.45) is 0 Å². The highest BCUT2D eigenvalue weighted by Gasteiger charge is 2.07. The van der Waals surface area contributed by atoms with E-state index < -0.39 is 11.9 Å². The SMILES string of the molecule is C#CCOC(=O)c1ccc(C(=O)O)cc1. The fraction of sp³-hybridized carbons (Fsp3) is 0.0909. The van der Waals surface area contributed by atoms with Gasteiger partial charge in [-0.25, -0.2) is 9.59 Å². The maximum atomic E-state index is 11.2. The zero-order valence-corrected chi connectivity index (χ0v) is 7.77. The van der Waals surface area contributed by atoms with E-state index in [2.05, 4.69) is 10.7 Å². The average Bonchev–Trinajstić information content (AvgIpc) is 2.26. The highest BCUT2D eigenvalue weighted by molar-refractivity contribution is 5.92.